The molecule has 28 heavy (non-hydrogen) atoms. The molecule has 2 aromatic carbocycles. The molecule has 0 radical (unpaired) electrons. The van der Waals surface area contributed by atoms with Gasteiger partial charge in [-0.25, -0.2) is 0 Å². The van der Waals surface area contributed by atoms with Crippen LogP contribution in [0.5, 0.6) is 11.5 Å². The lowest BCUT2D eigenvalue weighted by molar-refractivity contribution is 0.0997. The smallest absolute Gasteiger partial charge is 0.279 e. The van der Waals surface area contributed by atoms with Crippen LogP contribution in [0.2, 0.25) is 0 Å². The summed E-state index contributed by atoms with van der Waals surface area (Å²) in [6.07, 6.45) is 6.36. The molecule has 5 rings (SSSR count). The molecule has 0 fully saturated rings. The van der Waals surface area contributed by atoms with Gasteiger partial charge in [0, 0.05) is 24.2 Å². The average molecular weight is 392 g/mol. The Morgan fingerprint density at radius 2 is 1.93 bits per heavy atom. The van der Waals surface area contributed by atoms with Crippen LogP contribution >= 0.6 is 11.3 Å². The quantitative estimate of drug-likeness (QED) is 0.627. The van der Waals surface area contributed by atoms with Gasteiger partial charge >= 0.3 is 0 Å². The van der Waals surface area contributed by atoms with Crippen molar-refractivity contribution in [2.45, 2.75) is 32.2 Å². The van der Waals surface area contributed by atoms with Gasteiger partial charge in [0.1, 0.15) is 0 Å². The second kappa shape index (κ2) is 6.95. The Labute approximate surface area is 166 Å². The molecule has 1 amide bonds. The number of aromatic nitrogens is 1. The van der Waals surface area contributed by atoms with E-state index in [0.717, 1.165) is 34.6 Å². The molecular formula is C22H20N2O3S. The van der Waals surface area contributed by atoms with Gasteiger partial charge in [0.2, 0.25) is 6.79 Å². The molecule has 3 aromatic rings. The Bertz CT molecular complexity index is 1170. The van der Waals surface area contributed by atoms with E-state index in [4.69, 9.17) is 9.47 Å². The second-order valence-corrected chi connectivity index (χ2v) is 8.07. The molecule has 6 heteroatoms. The predicted molar refractivity (Wildman–Crippen MR) is 109 cm³/mol. The van der Waals surface area contributed by atoms with Crippen LogP contribution in [0.3, 0.4) is 0 Å². The Kier molecular flexibility index (Phi) is 4.28. The molecule has 1 aromatic heterocycles. The van der Waals surface area contributed by atoms with E-state index in [1.165, 1.54) is 35.3 Å². The summed E-state index contributed by atoms with van der Waals surface area (Å²) < 4.78 is 14.0. The normalized spacial score (nSPS) is 15.6. The van der Waals surface area contributed by atoms with Crippen LogP contribution < -0.4 is 14.3 Å². The summed E-state index contributed by atoms with van der Waals surface area (Å²) in [5, 5.41) is 0. The number of hydrogen-bond donors (Lipinski definition) is 0. The fourth-order valence-corrected chi connectivity index (χ4v) is 4.92. The summed E-state index contributed by atoms with van der Waals surface area (Å²) in [4.78, 5) is 18.0. The molecule has 1 aliphatic heterocycles. The molecule has 0 saturated heterocycles. The minimum Gasteiger partial charge on any atom is -0.454 e. The van der Waals surface area contributed by atoms with Crippen molar-refractivity contribution >= 4 is 27.5 Å². The molecule has 0 spiro atoms. The van der Waals surface area contributed by atoms with Gasteiger partial charge in [-0.3, -0.25) is 4.79 Å². The Balaban J connectivity index is 1.59. The highest BCUT2D eigenvalue weighted by Gasteiger charge is 2.18. The van der Waals surface area contributed by atoms with E-state index in [9.17, 15) is 4.79 Å². The van der Waals surface area contributed by atoms with Crippen LogP contribution in [0.15, 0.2) is 48.0 Å². The molecule has 142 valence electrons. The van der Waals surface area contributed by atoms with E-state index >= 15 is 0 Å². The third-order valence-electron chi connectivity index (χ3n) is 5.28. The first kappa shape index (κ1) is 17.3. The third-order valence-corrected chi connectivity index (χ3v) is 6.32. The van der Waals surface area contributed by atoms with Crippen LogP contribution in [0, 0.1) is 0 Å². The highest BCUT2D eigenvalue weighted by molar-refractivity contribution is 7.16. The summed E-state index contributed by atoms with van der Waals surface area (Å²) in [6, 6.07) is 9.89. The Morgan fingerprint density at radius 3 is 2.75 bits per heavy atom. The van der Waals surface area contributed by atoms with Crippen molar-refractivity contribution in [2.24, 2.45) is 4.99 Å². The minimum atomic E-state index is -0.210. The van der Waals surface area contributed by atoms with E-state index in [2.05, 4.69) is 17.6 Å². The fraction of sp³-hybridized carbons (Fsp3) is 0.273. The van der Waals surface area contributed by atoms with Gasteiger partial charge < -0.3 is 14.0 Å². The third kappa shape index (κ3) is 2.94. The molecule has 0 atom stereocenters. The number of thiazole rings is 1. The van der Waals surface area contributed by atoms with Gasteiger partial charge in [0.15, 0.2) is 16.3 Å². The highest BCUT2D eigenvalue weighted by atomic mass is 32.1. The summed E-state index contributed by atoms with van der Waals surface area (Å²) >= 11 is 1.47. The monoisotopic (exact) mass is 392 g/mol. The van der Waals surface area contributed by atoms with Crippen molar-refractivity contribution in [2.75, 3.05) is 6.79 Å². The maximum atomic E-state index is 12.9. The van der Waals surface area contributed by atoms with E-state index in [1.807, 2.05) is 28.8 Å². The lowest BCUT2D eigenvalue weighted by atomic mass is 9.90. The zero-order valence-corrected chi connectivity index (χ0v) is 16.3. The molecule has 1 aliphatic carbocycles. The number of rotatable bonds is 3. The van der Waals surface area contributed by atoms with Crippen molar-refractivity contribution in [1.29, 1.82) is 0 Å². The van der Waals surface area contributed by atoms with E-state index in [0.29, 0.717) is 16.9 Å². The van der Waals surface area contributed by atoms with Crippen LogP contribution in [-0.4, -0.2) is 17.3 Å². The van der Waals surface area contributed by atoms with Crippen LogP contribution in [0.4, 0.5) is 0 Å². The molecule has 0 unspecified atom stereocenters. The molecule has 2 aliphatic rings. The standard InChI is InChI=1S/C22H20N2O3S/c1-2-9-24-17-11-18-19(27-13-26-18)12-20(17)28-22(24)23-21(25)16-8-7-14-5-3-4-6-15(14)10-16/h2,7-8,10-12H,1,3-6,9,13H2. The number of fused-ring (bicyclic) bond motifs is 3. The molecule has 0 saturated carbocycles. The lowest BCUT2D eigenvalue weighted by Gasteiger charge is -2.15. The average Bonchev–Trinajstić information content (AvgIpc) is 3.30. The maximum absolute atomic E-state index is 12.9. The maximum Gasteiger partial charge on any atom is 0.279 e. The molecule has 0 bridgehead atoms. The number of carbonyl (C=O) groups excluding carboxylic acids is 1. The summed E-state index contributed by atoms with van der Waals surface area (Å²) in [6.45, 7) is 4.65. The van der Waals surface area contributed by atoms with Gasteiger partial charge in [-0.1, -0.05) is 23.5 Å². The largest absolute Gasteiger partial charge is 0.454 e. The molecule has 0 N–H and O–H groups in total. The van der Waals surface area contributed by atoms with Gasteiger partial charge in [-0.2, -0.15) is 4.99 Å². The number of amides is 1. The zero-order valence-electron chi connectivity index (χ0n) is 15.4. The number of allylic oxidation sites excluding steroid dienone is 1. The number of ether oxygens (including phenoxy) is 2. The van der Waals surface area contributed by atoms with Crippen LogP contribution in [-0.2, 0) is 19.4 Å². The van der Waals surface area contributed by atoms with Gasteiger partial charge in [0.05, 0.1) is 10.2 Å². The summed E-state index contributed by atoms with van der Waals surface area (Å²) in [7, 11) is 0. The van der Waals surface area contributed by atoms with E-state index in [-0.39, 0.29) is 12.7 Å². The van der Waals surface area contributed by atoms with Crippen LogP contribution in [0.1, 0.15) is 34.3 Å². The van der Waals surface area contributed by atoms with E-state index in [1.54, 1.807) is 6.08 Å². The predicted octanol–water partition coefficient (Wildman–Crippen LogP) is 4.24. The van der Waals surface area contributed by atoms with Crippen molar-refractivity contribution < 1.29 is 14.3 Å². The number of benzene rings is 2. The van der Waals surface area contributed by atoms with E-state index < -0.39 is 0 Å². The lowest BCUT2D eigenvalue weighted by Crippen LogP contribution is -2.16. The van der Waals surface area contributed by atoms with Crippen molar-refractivity contribution in [3.8, 4) is 11.5 Å². The number of aryl methyl sites for hydroxylation is 2. The minimum absolute atomic E-state index is 0.210. The first-order valence-electron chi connectivity index (χ1n) is 9.47. The summed E-state index contributed by atoms with van der Waals surface area (Å²) in [5.74, 6) is 1.24. The molecule has 2 heterocycles. The summed E-state index contributed by atoms with van der Waals surface area (Å²) in [5.41, 5.74) is 4.26. The molecule has 5 nitrogen and oxygen atoms in total. The van der Waals surface area contributed by atoms with Crippen molar-refractivity contribution in [1.82, 2.24) is 4.57 Å². The number of carbonyl (C=O) groups is 1. The van der Waals surface area contributed by atoms with Gasteiger partial charge in [0.25, 0.3) is 5.91 Å². The number of nitrogens with zero attached hydrogens (tertiary/aromatic N) is 2. The topological polar surface area (TPSA) is 52.8 Å². The first-order valence-corrected chi connectivity index (χ1v) is 10.3. The van der Waals surface area contributed by atoms with Crippen molar-refractivity contribution in [3.05, 3.63) is 64.5 Å². The zero-order chi connectivity index (χ0) is 19.1. The second-order valence-electron chi connectivity index (χ2n) is 7.06. The van der Waals surface area contributed by atoms with Gasteiger partial charge in [-0.05, 0) is 48.9 Å². The fourth-order valence-electron chi connectivity index (χ4n) is 3.87. The Hall–Kier alpha value is -2.86. The first-order chi connectivity index (χ1) is 13.7. The highest BCUT2D eigenvalue weighted by Crippen LogP contribution is 2.37. The van der Waals surface area contributed by atoms with Crippen LogP contribution in [0.25, 0.3) is 10.2 Å². The SMILES string of the molecule is C=CCn1c(=NC(=O)c2ccc3c(c2)CCCC3)sc2cc3c(cc21)OCO3. The Morgan fingerprint density at radius 1 is 1.14 bits per heavy atom. The molecular weight excluding hydrogens is 372 g/mol. The van der Waals surface area contributed by atoms with Crippen molar-refractivity contribution in [3.63, 3.8) is 0 Å². The number of hydrogen-bond acceptors (Lipinski definition) is 4. The van der Waals surface area contributed by atoms with Gasteiger partial charge in [-0.15, -0.1) is 6.58 Å².